The van der Waals surface area contributed by atoms with Crippen molar-refractivity contribution in [2.45, 2.75) is 26.8 Å². The molecule has 0 aliphatic carbocycles. The molecule has 0 bridgehead atoms. The van der Waals surface area contributed by atoms with E-state index in [1.165, 1.54) is 0 Å². The van der Waals surface area contributed by atoms with Crippen molar-refractivity contribution in [1.82, 2.24) is 15.6 Å². The first-order chi connectivity index (χ1) is 9.21. The first-order valence-electron chi connectivity index (χ1n) is 6.82. The summed E-state index contributed by atoms with van der Waals surface area (Å²) >= 11 is 0. The van der Waals surface area contributed by atoms with E-state index in [-0.39, 0.29) is 5.91 Å². The second kappa shape index (κ2) is 8.48. The van der Waals surface area contributed by atoms with Crippen molar-refractivity contribution in [2.24, 2.45) is 0 Å². The van der Waals surface area contributed by atoms with Gasteiger partial charge >= 0.3 is 0 Å². The number of rotatable bonds is 8. The van der Waals surface area contributed by atoms with E-state index < -0.39 is 0 Å². The van der Waals surface area contributed by atoms with Crippen molar-refractivity contribution >= 4 is 11.7 Å². The van der Waals surface area contributed by atoms with Crippen molar-refractivity contribution in [3.05, 3.63) is 23.9 Å². The topological polar surface area (TPSA) is 57.3 Å². The van der Waals surface area contributed by atoms with Crippen LogP contribution in [-0.2, 0) is 11.3 Å². The van der Waals surface area contributed by atoms with Crippen LogP contribution in [0.25, 0.3) is 0 Å². The largest absolute Gasteiger partial charge is 0.357 e. The summed E-state index contributed by atoms with van der Waals surface area (Å²) in [5.41, 5.74) is 1.02. The fraction of sp³-hybridized carbons (Fsp3) is 0.571. The van der Waals surface area contributed by atoms with Crippen molar-refractivity contribution in [1.29, 1.82) is 0 Å². The number of aromatic nitrogens is 1. The summed E-state index contributed by atoms with van der Waals surface area (Å²) < 4.78 is 0. The average Bonchev–Trinajstić information content (AvgIpc) is 2.45. The molecule has 0 aromatic carbocycles. The Morgan fingerprint density at radius 2 is 2.05 bits per heavy atom. The molecule has 1 aromatic rings. The van der Waals surface area contributed by atoms with Gasteiger partial charge in [0, 0.05) is 38.8 Å². The zero-order valence-electron chi connectivity index (χ0n) is 12.1. The predicted molar refractivity (Wildman–Crippen MR) is 78.2 cm³/mol. The van der Waals surface area contributed by atoms with E-state index >= 15 is 0 Å². The molecule has 1 heterocycles. The van der Waals surface area contributed by atoms with Crippen molar-refractivity contribution in [3.8, 4) is 0 Å². The SMILES string of the molecule is CCN(CC)c1ccc(CNC(=O)CCNC)cn1. The van der Waals surface area contributed by atoms with E-state index in [9.17, 15) is 4.79 Å². The van der Waals surface area contributed by atoms with Crippen LogP contribution in [0.15, 0.2) is 18.3 Å². The Balaban J connectivity index is 2.46. The third-order valence-corrected chi connectivity index (χ3v) is 2.99. The molecule has 1 amide bonds. The second-order valence-corrected chi connectivity index (χ2v) is 4.33. The van der Waals surface area contributed by atoms with Crippen LogP contribution in [-0.4, -0.2) is 37.6 Å². The third-order valence-electron chi connectivity index (χ3n) is 2.99. The van der Waals surface area contributed by atoms with Crippen LogP contribution in [0.3, 0.4) is 0 Å². The summed E-state index contributed by atoms with van der Waals surface area (Å²) in [7, 11) is 1.84. The molecule has 106 valence electrons. The lowest BCUT2D eigenvalue weighted by atomic mass is 10.2. The summed E-state index contributed by atoms with van der Waals surface area (Å²) in [6.45, 7) is 7.36. The van der Waals surface area contributed by atoms with Crippen molar-refractivity contribution < 1.29 is 4.79 Å². The highest BCUT2D eigenvalue weighted by atomic mass is 16.1. The van der Waals surface area contributed by atoms with E-state index in [2.05, 4.69) is 34.4 Å². The fourth-order valence-electron chi connectivity index (χ4n) is 1.78. The highest BCUT2D eigenvalue weighted by molar-refractivity contribution is 5.76. The minimum atomic E-state index is 0.0576. The summed E-state index contributed by atoms with van der Waals surface area (Å²) in [6.07, 6.45) is 2.33. The number of carbonyl (C=O) groups excluding carboxylic acids is 1. The van der Waals surface area contributed by atoms with Gasteiger partial charge in [0.15, 0.2) is 0 Å². The maximum atomic E-state index is 11.5. The highest BCUT2D eigenvalue weighted by Crippen LogP contribution is 2.10. The molecule has 5 nitrogen and oxygen atoms in total. The molecule has 0 radical (unpaired) electrons. The number of hydrogen-bond acceptors (Lipinski definition) is 4. The first-order valence-corrected chi connectivity index (χ1v) is 6.82. The van der Waals surface area contributed by atoms with Crippen LogP contribution in [0.4, 0.5) is 5.82 Å². The Hall–Kier alpha value is -1.62. The van der Waals surface area contributed by atoms with Gasteiger partial charge in [0.05, 0.1) is 0 Å². The van der Waals surface area contributed by atoms with Crippen LogP contribution in [0.5, 0.6) is 0 Å². The molecule has 0 aliphatic rings. The van der Waals surface area contributed by atoms with Crippen LogP contribution >= 0.6 is 0 Å². The molecule has 0 unspecified atom stereocenters. The molecule has 2 N–H and O–H groups in total. The predicted octanol–water partition coefficient (Wildman–Crippen LogP) is 1.15. The smallest absolute Gasteiger partial charge is 0.221 e. The molecular formula is C14H24N4O. The minimum Gasteiger partial charge on any atom is -0.357 e. The third kappa shape index (κ3) is 5.26. The Kier molecular flexibility index (Phi) is 6.89. The van der Waals surface area contributed by atoms with Gasteiger partial charge in [-0.15, -0.1) is 0 Å². The Labute approximate surface area is 115 Å². The quantitative estimate of drug-likeness (QED) is 0.739. The molecule has 0 fully saturated rings. The highest BCUT2D eigenvalue weighted by Gasteiger charge is 2.04. The normalized spacial score (nSPS) is 10.3. The van der Waals surface area contributed by atoms with Crippen molar-refractivity contribution in [2.75, 3.05) is 31.6 Å². The van der Waals surface area contributed by atoms with E-state index in [1.54, 1.807) is 0 Å². The van der Waals surface area contributed by atoms with E-state index in [0.29, 0.717) is 19.5 Å². The van der Waals surface area contributed by atoms with E-state index in [4.69, 9.17) is 0 Å². The lowest BCUT2D eigenvalue weighted by molar-refractivity contribution is -0.121. The average molecular weight is 264 g/mol. The van der Waals surface area contributed by atoms with Crippen LogP contribution in [0, 0.1) is 0 Å². The van der Waals surface area contributed by atoms with Gasteiger partial charge in [0.1, 0.15) is 5.82 Å². The molecule has 0 saturated heterocycles. The number of nitrogens with zero attached hydrogens (tertiary/aromatic N) is 2. The van der Waals surface area contributed by atoms with Crippen LogP contribution in [0.1, 0.15) is 25.8 Å². The van der Waals surface area contributed by atoms with Gasteiger partial charge in [0.25, 0.3) is 0 Å². The van der Waals surface area contributed by atoms with Gasteiger partial charge < -0.3 is 15.5 Å². The molecule has 5 heteroatoms. The monoisotopic (exact) mass is 264 g/mol. The molecule has 0 saturated carbocycles. The summed E-state index contributed by atoms with van der Waals surface area (Å²) in [4.78, 5) is 18.1. The molecular weight excluding hydrogens is 240 g/mol. The van der Waals surface area contributed by atoms with Gasteiger partial charge in [-0.05, 0) is 32.5 Å². The van der Waals surface area contributed by atoms with Gasteiger partial charge in [-0.3, -0.25) is 4.79 Å². The number of nitrogens with one attached hydrogen (secondary N) is 2. The molecule has 19 heavy (non-hydrogen) atoms. The zero-order valence-corrected chi connectivity index (χ0v) is 12.1. The first kappa shape index (κ1) is 15.4. The van der Waals surface area contributed by atoms with Crippen LogP contribution < -0.4 is 15.5 Å². The van der Waals surface area contributed by atoms with E-state index in [1.807, 2.05) is 25.4 Å². The molecule has 0 atom stereocenters. The second-order valence-electron chi connectivity index (χ2n) is 4.33. The maximum Gasteiger partial charge on any atom is 0.221 e. The Morgan fingerprint density at radius 1 is 1.32 bits per heavy atom. The van der Waals surface area contributed by atoms with Gasteiger partial charge in [-0.25, -0.2) is 4.98 Å². The van der Waals surface area contributed by atoms with Gasteiger partial charge in [0.2, 0.25) is 5.91 Å². The standard InChI is InChI=1S/C14H24N4O/c1-4-18(5-2)13-7-6-12(10-16-13)11-17-14(19)8-9-15-3/h6-7,10,15H,4-5,8-9,11H2,1-3H3,(H,17,19). The summed E-state index contributed by atoms with van der Waals surface area (Å²) in [6, 6.07) is 4.01. The Morgan fingerprint density at radius 3 is 2.58 bits per heavy atom. The molecule has 0 aliphatic heterocycles. The van der Waals surface area contributed by atoms with Crippen molar-refractivity contribution in [3.63, 3.8) is 0 Å². The van der Waals surface area contributed by atoms with Gasteiger partial charge in [-0.1, -0.05) is 6.07 Å². The lowest BCUT2D eigenvalue weighted by Crippen LogP contribution is -2.26. The number of amides is 1. The fourth-order valence-corrected chi connectivity index (χ4v) is 1.78. The maximum absolute atomic E-state index is 11.5. The number of carbonyl (C=O) groups is 1. The zero-order chi connectivity index (χ0) is 14.1. The minimum absolute atomic E-state index is 0.0576. The Bertz CT molecular complexity index is 374. The van der Waals surface area contributed by atoms with Gasteiger partial charge in [-0.2, -0.15) is 0 Å². The summed E-state index contributed by atoms with van der Waals surface area (Å²) in [5, 5.41) is 5.83. The van der Waals surface area contributed by atoms with E-state index in [0.717, 1.165) is 24.5 Å². The number of pyridine rings is 1. The molecule has 1 aromatic heterocycles. The molecule has 1 rings (SSSR count). The summed E-state index contributed by atoms with van der Waals surface area (Å²) in [5.74, 6) is 1.04. The number of hydrogen-bond donors (Lipinski definition) is 2. The number of anilines is 1. The molecule has 0 spiro atoms. The van der Waals surface area contributed by atoms with Crippen LogP contribution in [0.2, 0.25) is 0 Å². The lowest BCUT2D eigenvalue weighted by Gasteiger charge is -2.19.